The van der Waals surface area contributed by atoms with E-state index in [1.54, 1.807) is 23.5 Å². The maximum absolute atomic E-state index is 13.2. The fraction of sp³-hybridized carbons (Fsp3) is 0.389. The number of halogens is 1. The van der Waals surface area contributed by atoms with Crippen LogP contribution in [-0.4, -0.2) is 30.4 Å². The Labute approximate surface area is 140 Å². The lowest BCUT2D eigenvalue weighted by molar-refractivity contribution is -0.120. The highest BCUT2D eigenvalue weighted by Crippen LogP contribution is 2.27. The van der Waals surface area contributed by atoms with Crippen LogP contribution in [0.2, 0.25) is 0 Å². The topological polar surface area (TPSA) is 32.3 Å². The van der Waals surface area contributed by atoms with E-state index in [0.717, 1.165) is 13.1 Å². The molecule has 1 saturated heterocycles. The van der Waals surface area contributed by atoms with E-state index in [-0.39, 0.29) is 24.2 Å². The van der Waals surface area contributed by atoms with Gasteiger partial charge in [0.15, 0.2) is 0 Å². The highest BCUT2D eigenvalue weighted by atomic mass is 32.1. The lowest BCUT2D eigenvalue weighted by Gasteiger charge is -2.26. The molecule has 2 heterocycles. The number of amides is 1. The number of likely N-dealkylation sites (tertiary alicyclic amines) is 1. The summed E-state index contributed by atoms with van der Waals surface area (Å²) in [6.07, 6.45) is 2.66. The van der Waals surface area contributed by atoms with Crippen molar-refractivity contribution in [1.29, 1.82) is 0 Å². The van der Waals surface area contributed by atoms with Gasteiger partial charge in [0.1, 0.15) is 5.82 Å². The summed E-state index contributed by atoms with van der Waals surface area (Å²) in [5.41, 5.74) is 0.705. The van der Waals surface area contributed by atoms with Gasteiger partial charge in [0.25, 0.3) is 0 Å². The predicted octanol–water partition coefficient (Wildman–Crippen LogP) is 3.38. The molecule has 2 aromatic rings. The Morgan fingerprint density at radius 3 is 2.78 bits per heavy atom. The van der Waals surface area contributed by atoms with Crippen molar-refractivity contribution >= 4 is 17.2 Å². The SMILES string of the molecule is O=C(Cc1cccc(F)c1)NCC(c1cccs1)N1CCCC1. The molecule has 1 N–H and O–H groups in total. The fourth-order valence-corrected chi connectivity index (χ4v) is 3.91. The van der Waals surface area contributed by atoms with E-state index in [4.69, 9.17) is 0 Å². The molecule has 1 aromatic heterocycles. The summed E-state index contributed by atoms with van der Waals surface area (Å²) in [6, 6.07) is 10.6. The van der Waals surface area contributed by atoms with E-state index < -0.39 is 0 Å². The van der Waals surface area contributed by atoms with Crippen molar-refractivity contribution in [1.82, 2.24) is 10.2 Å². The number of carbonyl (C=O) groups excluding carboxylic acids is 1. The van der Waals surface area contributed by atoms with Gasteiger partial charge in [-0.25, -0.2) is 4.39 Å². The van der Waals surface area contributed by atoms with Gasteiger partial charge >= 0.3 is 0 Å². The standard InChI is InChI=1S/C18H21FN2OS/c19-15-6-3-5-14(11-15)12-18(22)20-13-16(17-7-4-10-23-17)21-8-1-2-9-21/h3-7,10-11,16H,1-2,8-9,12-13H2,(H,20,22). The summed E-state index contributed by atoms with van der Waals surface area (Å²) in [5.74, 6) is -0.361. The van der Waals surface area contributed by atoms with Gasteiger partial charge in [-0.1, -0.05) is 18.2 Å². The first kappa shape index (κ1) is 16.1. The van der Waals surface area contributed by atoms with E-state index in [2.05, 4.69) is 27.7 Å². The Bertz CT molecular complexity index is 638. The third-order valence-corrected chi connectivity index (χ3v) is 5.17. The summed E-state index contributed by atoms with van der Waals surface area (Å²) in [7, 11) is 0. The molecule has 0 radical (unpaired) electrons. The zero-order valence-corrected chi connectivity index (χ0v) is 13.8. The quantitative estimate of drug-likeness (QED) is 0.879. The molecule has 0 aliphatic carbocycles. The van der Waals surface area contributed by atoms with Crippen LogP contribution in [0.3, 0.4) is 0 Å². The molecule has 1 aliphatic heterocycles. The van der Waals surface area contributed by atoms with Crippen LogP contribution in [0.5, 0.6) is 0 Å². The zero-order valence-electron chi connectivity index (χ0n) is 13.0. The minimum atomic E-state index is -0.302. The van der Waals surface area contributed by atoms with Crippen LogP contribution in [0.4, 0.5) is 4.39 Å². The van der Waals surface area contributed by atoms with Crippen molar-refractivity contribution in [2.45, 2.75) is 25.3 Å². The van der Waals surface area contributed by atoms with Crippen molar-refractivity contribution in [3.05, 3.63) is 58.0 Å². The second-order valence-corrected chi connectivity index (χ2v) is 6.86. The summed E-state index contributed by atoms with van der Waals surface area (Å²) in [4.78, 5) is 15.9. The molecule has 1 aliphatic rings. The van der Waals surface area contributed by atoms with Gasteiger partial charge in [0, 0.05) is 11.4 Å². The van der Waals surface area contributed by atoms with Crippen LogP contribution in [0.1, 0.15) is 29.3 Å². The first-order chi connectivity index (χ1) is 11.2. The maximum atomic E-state index is 13.2. The normalized spacial score (nSPS) is 16.4. The third-order valence-electron chi connectivity index (χ3n) is 4.20. The van der Waals surface area contributed by atoms with Gasteiger partial charge in [-0.05, 0) is 55.1 Å². The number of thiophene rings is 1. The number of benzene rings is 1. The van der Waals surface area contributed by atoms with Crippen molar-refractivity contribution < 1.29 is 9.18 Å². The third kappa shape index (κ3) is 4.39. The number of carbonyl (C=O) groups is 1. The second-order valence-electron chi connectivity index (χ2n) is 5.89. The molecule has 3 rings (SSSR count). The highest BCUT2D eigenvalue weighted by Gasteiger charge is 2.24. The van der Waals surface area contributed by atoms with Gasteiger partial charge in [-0.3, -0.25) is 9.69 Å². The van der Waals surface area contributed by atoms with Crippen LogP contribution in [-0.2, 0) is 11.2 Å². The molecule has 1 fully saturated rings. The minimum absolute atomic E-state index is 0.0589. The molecule has 5 heteroatoms. The Balaban J connectivity index is 1.59. The molecule has 122 valence electrons. The molecular weight excluding hydrogens is 311 g/mol. The van der Waals surface area contributed by atoms with E-state index >= 15 is 0 Å². The first-order valence-electron chi connectivity index (χ1n) is 8.01. The van der Waals surface area contributed by atoms with Crippen LogP contribution in [0.15, 0.2) is 41.8 Å². The Morgan fingerprint density at radius 1 is 1.26 bits per heavy atom. The fourth-order valence-electron chi connectivity index (χ4n) is 3.05. The van der Waals surface area contributed by atoms with E-state index in [9.17, 15) is 9.18 Å². The van der Waals surface area contributed by atoms with E-state index in [1.807, 2.05) is 0 Å². The van der Waals surface area contributed by atoms with Crippen LogP contribution in [0, 0.1) is 5.82 Å². The van der Waals surface area contributed by atoms with Crippen molar-refractivity contribution in [2.75, 3.05) is 19.6 Å². The summed E-state index contributed by atoms with van der Waals surface area (Å²) in [6.45, 7) is 2.78. The molecule has 0 saturated carbocycles. The molecule has 0 bridgehead atoms. The molecule has 1 aromatic carbocycles. The van der Waals surface area contributed by atoms with Crippen LogP contribution in [0.25, 0.3) is 0 Å². The van der Waals surface area contributed by atoms with Gasteiger partial charge in [-0.15, -0.1) is 11.3 Å². The van der Waals surface area contributed by atoms with Crippen LogP contribution < -0.4 is 5.32 Å². The highest BCUT2D eigenvalue weighted by molar-refractivity contribution is 7.10. The summed E-state index contributed by atoms with van der Waals surface area (Å²) >= 11 is 1.73. The Hall–Kier alpha value is -1.72. The molecule has 1 atom stereocenters. The smallest absolute Gasteiger partial charge is 0.224 e. The number of rotatable bonds is 6. The summed E-state index contributed by atoms with van der Waals surface area (Å²) in [5, 5.41) is 5.10. The average Bonchev–Trinajstić information content (AvgIpc) is 3.21. The van der Waals surface area contributed by atoms with Crippen LogP contribution >= 0.6 is 11.3 Å². The van der Waals surface area contributed by atoms with Gasteiger partial charge < -0.3 is 5.32 Å². The molecule has 3 nitrogen and oxygen atoms in total. The van der Waals surface area contributed by atoms with Gasteiger partial charge in [0.05, 0.1) is 12.5 Å². The molecule has 1 unspecified atom stereocenters. The van der Waals surface area contributed by atoms with Gasteiger partial charge in [0.2, 0.25) is 5.91 Å². The number of hydrogen-bond acceptors (Lipinski definition) is 3. The first-order valence-corrected chi connectivity index (χ1v) is 8.89. The number of nitrogens with one attached hydrogen (secondary N) is 1. The van der Waals surface area contributed by atoms with E-state index in [0.29, 0.717) is 12.1 Å². The second kappa shape index (κ2) is 7.70. The van der Waals surface area contributed by atoms with Crippen molar-refractivity contribution in [3.63, 3.8) is 0 Å². The van der Waals surface area contributed by atoms with Gasteiger partial charge in [-0.2, -0.15) is 0 Å². The lowest BCUT2D eigenvalue weighted by Crippen LogP contribution is -2.37. The average molecular weight is 332 g/mol. The lowest BCUT2D eigenvalue weighted by atomic mass is 10.1. The van der Waals surface area contributed by atoms with Crippen molar-refractivity contribution in [3.8, 4) is 0 Å². The largest absolute Gasteiger partial charge is 0.354 e. The molecule has 23 heavy (non-hydrogen) atoms. The predicted molar refractivity (Wildman–Crippen MR) is 91.0 cm³/mol. The molecular formula is C18H21FN2OS. The molecule has 0 spiro atoms. The maximum Gasteiger partial charge on any atom is 0.224 e. The number of hydrogen-bond donors (Lipinski definition) is 1. The summed E-state index contributed by atoms with van der Waals surface area (Å²) < 4.78 is 13.2. The Morgan fingerprint density at radius 2 is 2.09 bits per heavy atom. The Kier molecular flexibility index (Phi) is 5.41. The monoisotopic (exact) mass is 332 g/mol. The van der Waals surface area contributed by atoms with Crippen molar-refractivity contribution in [2.24, 2.45) is 0 Å². The van der Waals surface area contributed by atoms with E-state index in [1.165, 1.54) is 29.9 Å². The minimum Gasteiger partial charge on any atom is -0.354 e. The zero-order chi connectivity index (χ0) is 16.1. The number of nitrogens with zero attached hydrogens (tertiary/aromatic N) is 1. The molecule has 1 amide bonds.